The third kappa shape index (κ3) is 6.51. The Balaban J connectivity index is 0.00000320. The molecule has 162 valence electrons. The number of ether oxygens (including phenoxy) is 2. The smallest absolute Gasteiger partial charge is 0.265 e. The number of para-hydroxylation sites is 2. The number of amides is 1. The van der Waals surface area contributed by atoms with E-state index in [0.29, 0.717) is 19.6 Å². The van der Waals surface area contributed by atoms with E-state index in [1.54, 1.807) is 12.0 Å². The Morgan fingerprint density at radius 3 is 2.83 bits per heavy atom. The Morgan fingerprint density at radius 1 is 1.20 bits per heavy atom. The highest BCUT2D eigenvalue weighted by atomic mass is 127. The van der Waals surface area contributed by atoms with Crippen molar-refractivity contribution in [2.45, 2.75) is 19.9 Å². The van der Waals surface area contributed by atoms with E-state index in [4.69, 9.17) is 9.47 Å². The number of guanidine groups is 1. The van der Waals surface area contributed by atoms with Crippen LogP contribution in [0.4, 0.5) is 5.69 Å². The van der Waals surface area contributed by atoms with E-state index in [-0.39, 0.29) is 36.5 Å². The van der Waals surface area contributed by atoms with E-state index in [9.17, 15) is 4.79 Å². The SMILES string of the molecule is CCNC(=NCc1cccc(OC)c1)NCCCN1C(=O)COc2ccccc21.I. The quantitative estimate of drug-likeness (QED) is 0.240. The highest BCUT2D eigenvalue weighted by Crippen LogP contribution is 2.31. The van der Waals surface area contributed by atoms with Gasteiger partial charge in [0, 0.05) is 19.6 Å². The van der Waals surface area contributed by atoms with Crippen LogP contribution in [0.2, 0.25) is 0 Å². The lowest BCUT2D eigenvalue weighted by atomic mass is 10.2. The van der Waals surface area contributed by atoms with Gasteiger partial charge in [0.05, 0.1) is 19.3 Å². The Bertz CT molecular complexity index is 860. The third-order valence-corrected chi connectivity index (χ3v) is 4.56. The molecule has 1 heterocycles. The van der Waals surface area contributed by atoms with Gasteiger partial charge in [-0.3, -0.25) is 4.79 Å². The zero-order valence-electron chi connectivity index (χ0n) is 17.4. The van der Waals surface area contributed by atoms with Gasteiger partial charge in [-0.05, 0) is 43.2 Å². The molecule has 7 nitrogen and oxygen atoms in total. The van der Waals surface area contributed by atoms with Crippen molar-refractivity contribution < 1.29 is 14.3 Å². The van der Waals surface area contributed by atoms with E-state index in [2.05, 4.69) is 15.6 Å². The van der Waals surface area contributed by atoms with Gasteiger partial charge in [0.15, 0.2) is 12.6 Å². The molecule has 0 aliphatic carbocycles. The molecule has 1 aliphatic rings. The molecule has 0 saturated carbocycles. The van der Waals surface area contributed by atoms with E-state index in [1.807, 2.05) is 55.5 Å². The summed E-state index contributed by atoms with van der Waals surface area (Å²) in [4.78, 5) is 18.7. The molecule has 1 amide bonds. The van der Waals surface area contributed by atoms with Crippen LogP contribution in [-0.2, 0) is 11.3 Å². The molecule has 0 radical (unpaired) electrons. The highest BCUT2D eigenvalue weighted by molar-refractivity contribution is 14.0. The maximum Gasteiger partial charge on any atom is 0.265 e. The average molecular weight is 524 g/mol. The van der Waals surface area contributed by atoms with E-state index >= 15 is 0 Å². The second-order valence-corrected chi connectivity index (χ2v) is 6.63. The van der Waals surface area contributed by atoms with Gasteiger partial charge < -0.3 is 25.0 Å². The molecule has 2 aromatic rings. The summed E-state index contributed by atoms with van der Waals surface area (Å²) < 4.78 is 10.7. The van der Waals surface area contributed by atoms with Gasteiger partial charge >= 0.3 is 0 Å². The van der Waals surface area contributed by atoms with Crippen molar-refractivity contribution in [2.75, 3.05) is 38.3 Å². The molecule has 0 saturated heterocycles. The van der Waals surface area contributed by atoms with Gasteiger partial charge in [-0.2, -0.15) is 0 Å². The molecule has 8 heteroatoms. The van der Waals surface area contributed by atoms with Crippen molar-refractivity contribution in [2.24, 2.45) is 4.99 Å². The zero-order valence-corrected chi connectivity index (χ0v) is 19.7. The number of methoxy groups -OCH3 is 1. The summed E-state index contributed by atoms with van der Waals surface area (Å²) >= 11 is 0. The molecule has 3 rings (SSSR count). The monoisotopic (exact) mass is 524 g/mol. The van der Waals surface area contributed by atoms with Crippen LogP contribution >= 0.6 is 24.0 Å². The lowest BCUT2D eigenvalue weighted by Gasteiger charge is -2.29. The predicted molar refractivity (Wildman–Crippen MR) is 130 cm³/mol. The molecule has 2 N–H and O–H groups in total. The maximum absolute atomic E-state index is 12.2. The van der Waals surface area contributed by atoms with Crippen molar-refractivity contribution >= 4 is 41.5 Å². The fourth-order valence-corrected chi connectivity index (χ4v) is 3.13. The molecular weight excluding hydrogens is 495 g/mol. The van der Waals surface area contributed by atoms with Crippen LogP contribution in [0.3, 0.4) is 0 Å². The summed E-state index contributed by atoms with van der Waals surface area (Å²) in [5.74, 6) is 2.32. The van der Waals surface area contributed by atoms with Gasteiger partial charge in [-0.1, -0.05) is 24.3 Å². The van der Waals surface area contributed by atoms with Gasteiger partial charge in [-0.15, -0.1) is 24.0 Å². The van der Waals surface area contributed by atoms with Crippen LogP contribution in [0.25, 0.3) is 0 Å². The van der Waals surface area contributed by atoms with E-state index in [1.165, 1.54) is 0 Å². The number of nitrogens with zero attached hydrogens (tertiary/aromatic N) is 2. The summed E-state index contributed by atoms with van der Waals surface area (Å²) in [5.41, 5.74) is 1.92. The largest absolute Gasteiger partial charge is 0.497 e. The summed E-state index contributed by atoms with van der Waals surface area (Å²) in [7, 11) is 1.66. The van der Waals surface area contributed by atoms with Gasteiger partial charge in [0.2, 0.25) is 0 Å². The minimum absolute atomic E-state index is 0. The maximum atomic E-state index is 12.2. The molecular formula is C22H29IN4O3. The van der Waals surface area contributed by atoms with E-state index < -0.39 is 0 Å². The topological polar surface area (TPSA) is 75.2 Å². The molecule has 0 bridgehead atoms. The number of rotatable bonds is 8. The molecule has 2 aromatic carbocycles. The Labute approximate surface area is 194 Å². The second-order valence-electron chi connectivity index (χ2n) is 6.63. The molecule has 0 aromatic heterocycles. The van der Waals surface area contributed by atoms with Gasteiger partial charge in [0.25, 0.3) is 5.91 Å². The number of hydrogen-bond acceptors (Lipinski definition) is 4. The number of hydrogen-bond donors (Lipinski definition) is 2. The van der Waals surface area contributed by atoms with E-state index in [0.717, 1.165) is 41.7 Å². The number of halogens is 1. The molecule has 30 heavy (non-hydrogen) atoms. The first-order valence-corrected chi connectivity index (χ1v) is 9.88. The summed E-state index contributed by atoms with van der Waals surface area (Å²) in [6, 6.07) is 15.5. The average Bonchev–Trinajstić information content (AvgIpc) is 2.76. The first kappa shape index (κ1) is 23.8. The van der Waals surface area contributed by atoms with Crippen molar-refractivity contribution in [3.63, 3.8) is 0 Å². The molecule has 0 fully saturated rings. The second kappa shape index (κ2) is 12.3. The molecule has 0 atom stereocenters. The van der Waals surface area contributed by atoms with Crippen LogP contribution in [0.15, 0.2) is 53.5 Å². The van der Waals surface area contributed by atoms with Crippen molar-refractivity contribution in [3.05, 3.63) is 54.1 Å². The fraction of sp³-hybridized carbons (Fsp3) is 0.364. The number of aliphatic imine (C=N–C) groups is 1. The number of fused-ring (bicyclic) bond motifs is 1. The third-order valence-electron chi connectivity index (χ3n) is 4.56. The fourth-order valence-electron chi connectivity index (χ4n) is 3.13. The van der Waals surface area contributed by atoms with Crippen molar-refractivity contribution in [1.82, 2.24) is 10.6 Å². The first-order chi connectivity index (χ1) is 14.2. The number of carbonyl (C=O) groups is 1. The standard InChI is InChI=1S/C22H28N4O3.HI/c1-3-23-22(25-15-17-8-6-9-18(14-17)28-2)24-12-7-13-26-19-10-4-5-11-20(19)29-16-21(26)27;/h4-6,8-11,14H,3,7,12-13,15-16H2,1-2H3,(H2,23,24,25);1H. The summed E-state index contributed by atoms with van der Waals surface area (Å²) in [6.07, 6.45) is 0.795. The summed E-state index contributed by atoms with van der Waals surface area (Å²) in [5, 5.41) is 6.59. The van der Waals surface area contributed by atoms with Crippen LogP contribution in [0.5, 0.6) is 11.5 Å². The van der Waals surface area contributed by atoms with Crippen LogP contribution in [0.1, 0.15) is 18.9 Å². The van der Waals surface area contributed by atoms with Gasteiger partial charge in [-0.25, -0.2) is 4.99 Å². The normalized spacial score (nSPS) is 13.1. The lowest BCUT2D eigenvalue weighted by Crippen LogP contribution is -2.42. The van der Waals surface area contributed by atoms with Crippen LogP contribution < -0.4 is 25.0 Å². The van der Waals surface area contributed by atoms with Gasteiger partial charge in [0.1, 0.15) is 11.5 Å². The van der Waals surface area contributed by atoms with Crippen molar-refractivity contribution in [1.29, 1.82) is 0 Å². The Hall–Kier alpha value is -2.49. The zero-order chi connectivity index (χ0) is 20.5. The minimum atomic E-state index is -0.0118. The van der Waals surface area contributed by atoms with Crippen LogP contribution in [-0.4, -0.2) is 45.2 Å². The molecule has 0 spiro atoms. The highest BCUT2D eigenvalue weighted by Gasteiger charge is 2.24. The number of carbonyl (C=O) groups excluding carboxylic acids is 1. The summed E-state index contributed by atoms with van der Waals surface area (Å²) in [6.45, 7) is 4.79. The first-order valence-electron chi connectivity index (χ1n) is 9.88. The Morgan fingerprint density at radius 2 is 2.03 bits per heavy atom. The number of anilines is 1. The molecule has 0 unspecified atom stereocenters. The lowest BCUT2D eigenvalue weighted by molar-refractivity contribution is -0.121. The number of nitrogens with one attached hydrogen (secondary N) is 2. The Kier molecular flexibility index (Phi) is 9.72. The van der Waals surface area contributed by atoms with Crippen LogP contribution in [0, 0.1) is 0 Å². The minimum Gasteiger partial charge on any atom is -0.497 e. The van der Waals surface area contributed by atoms with Crippen molar-refractivity contribution in [3.8, 4) is 11.5 Å². The predicted octanol–water partition coefficient (Wildman–Crippen LogP) is 3.18. The number of benzene rings is 2. The molecule has 1 aliphatic heterocycles.